The van der Waals surface area contributed by atoms with Gasteiger partial charge in [0.05, 0.1) is 29.5 Å². The summed E-state index contributed by atoms with van der Waals surface area (Å²) in [4.78, 5) is 19.8. The van der Waals surface area contributed by atoms with E-state index < -0.39 is 0 Å². The minimum absolute atomic E-state index is 0.0311. The molecule has 2 aromatic carbocycles. The van der Waals surface area contributed by atoms with Crippen LogP contribution >= 0.6 is 11.3 Å². The summed E-state index contributed by atoms with van der Waals surface area (Å²) in [6.45, 7) is 7.84. The van der Waals surface area contributed by atoms with Crippen molar-refractivity contribution in [2.24, 2.45) is 0 Å². The molecule has 6 nitrogen and oxygen atoms in total. The van der Waals surface area contributed by atoms with Crippen LogP contribution in [0.1, 0.15) is 30.9 Å². The number of amides is 1. The maximum absolute atomic E-state index is 13.2. The molecule has 1 fully saturated rings. The summed E-state index contributed by atoms with van der Waals surface area (Å²) in [7, 11) is 0. The van der Waals surface area contributed by atoms with Crippen LogP contribution in [0.15, 0.2) is 36.4 Å². The predicted molar refractivity (Wildman–Crippen MR) is 124 cm³/mol. The van der Waals surface area contributed by atoms with Crippen LogP contribution in [0, 0.1) is 13.8 Å². The summed E-state index contributed by atoms with van der Waals surface area (Å²) in [6, 6.07) is 11.5. The predicted octanol–water partition coefficient (Wildman–Crippen LogP) is 4.90. The van der Waals surface area contributed by atoms with Gasteiger partial charge in [-0.3, -0.25) is 9.69 Å². The number of thiazole rings is 1. The van der Waals surface area contributed by atoms with Crippen molar-refractivity contribution in [3.8, 4) is 11.5 Å². The molecule has 4 rings (SSSR count). The van der Waals surface area contributed by atoms with Gasteiger partial charge in [-0.05, 0) is 69.0 Å². The van der Waals surface area contributed by atoms with Crippen LogP contribution in [-0.2, 0) is 9.53 Å². The van der Waals surface area contributed by atoms with E-state index in [9.17, 15) is 4.79 Å². The SMILES string of the molecule is CCOc1ccc(OCC(=O)N(CC2CCCO2)c2nc3c(C)ccc(C)c3s2)cc1. The van der Waals surface area contributed by atoms with Crippen molar-refractivity contribution in [1.29, 1.82) is 0 Å². The number of rotatable bonds is 8. The molecule has 7 heteroatoms. The van der Waals surface area contributed by atoms with Crippen LogP contribution in [0.25, 0.3) is 10.2 Å². The molecule has 1 aromatic heterocycles. The van der Waals surface area contributed by atoms with Crippen LogP contribution in [0.2, 0.25) is 0 Å². The quantitative estimate of drug-likeness (QED) is 0.498. The van der Waals surface area contributed by atoms with E-state index in [0.29, 0.717) is 24.0 Å². The average Bonchev–Trinajstić information content (AvgIpc) is 3.45. The zero-order chi connectivity index (χ0) is 21.8. The number of hydrogen-bond donors (Lipinski definition) is 0. The molecule has 0 radical (unpaired) electrons. The molecule has 0 N–H and O–H groups in total. The highest BCUT2D eigenvalue weighted by Crippen LogP contribution is 2.34. The summed E-state index contributed by atoms with van der Waals surface area (Å²) < 4.78 is 18.2. The Balaban J connectivity index is 1.53. The van der Waals surface area contributed by atoms with Gasteiger partial charge in [-0.2, -0.15) is 0 Å². The number of anilines is 1. The highest BCUT2D eigenvalue weighted by Gasteiger charge is 2.27. The van der Waals surface area contributed by atoms with E-state index >= 15 is 0 Å². The van der Waals surface area contributed by atoms with E-state index in [1.54, 1.807) is 16.2 Å². The van der Waals surface area contributed by atoms with E-state index in [0.717, 1.165) is 41.0 Å². The third-order valence-corrected chi connectivity index (χ3v) is 6.58. The lowest BCUT2D eigenvalue weighted by atomic mass is 10.1. The standard InChI is InChI=1S/C24H28N2O4S/c1-4-28-18-9-11-19(12-10-18)30-15-21(27)26(14-20-6-5-13-29-20)24-25-22-16(2)7-8-17(3)23(22)31-24/h7-12,20H,4-6,13-15H2,1-3H3. The summed E-state index contributed by atoms with van der Waals surface area (Å²) in [5.41, 5.74) is 3.23. The number of aromatic nitrogens is 1. The normalized spacial score (nSPS) is 15.9. The third kappa shape index (κ3) is 4.99. The molecule has 0 aliphatic carbocycles. The zero-order valence-electron chi connectivity index (χ0n) is 18.2. The van der Waals surface area contributed by atoms with Gasteiger partial charge in [0.25, 0.3) is 5.91 Å². The highest BCUT2D eigenvalue weighted by atomic mass is 32.1. The van der Waals surface area contributed by atoms with Crippen molar-refractivity contribution in [3.63, 3.8) is 0 Å². The summed E-state index contributed by atoms with van der Waals surface area (Å²) in [6.07, 6.45) is 2.00. The lowest BCUT2D eigenvalue weighted by Gasteiger charge is -2.23. The zero-order valence-corrected chi connectivity index (χ0v) is 19.0. The number of ether oxygens (including phenoxy) is 3. The third-order valence-electron chi connectivity index (χ3n) is 5.37. The molecule has 31 heavy (non-hydrogen) atoms. The Kier molecular flexibility index (Phi) is 6.73. The molecule has 2 heterocycles. The van der Waals surface area contributed by atoms with E-state index in [1.165, 1.54) is 5.56 Å². The summed E-state index contributed by atoms with van der Waals surface area (Å²) in [5, 5.41) is 0.697. The first kappa shape index (κ1) is 21.6. The maximum atomic E-state index is 13.2. The monoisotopic (exact) mass is 440 g/mol. The van der Waals surface area contributed by atoms with Crippen LogP contribution in [0.3, 0.4) is 0 Å². The number of hydrogen-bond acceptors (Lipinski definition) is 6. The molecule has 0 saturated carbocycles. The van der Waals surface area contributed by atoms with Gasteiger partial charge in [0, 0.05) is 6.61 Å². The van der Waals surface area contributed by atoms with Gasteiger partial charge in [0.1, 0.15) is 11.5 Å². The lowest BCUT2D eigenvalue weighted by Crippen LogP contribution is -2.40. The average molecular weight is 441 g/mol. The van der Waals surface area contributed by atoms with Crippen molar-refractivity contribution in [2.75, 3.05) is 31.3 Å². The van der Waals surface area contributed by atoms with Gasteiger partial charge in [-0.15, -0.1) is 0 Å². The van der Waals surface area contributed by atoms with Gasteiger partial charge in [-0.25, -0.2) is 4.98 Å². The summed E-state index contributed by atoms with van der Waals surface area (Å²) in [5.74, 6) is 1.28. The minimum Gasteiger partial charge on any atom is -0.494 e. The second-order valence-corrected chi connectivity index (χ2v) is 8.68. The maximum Gasteiger partial charge on any atom is 0.266 e. The van der Waals surface area contributed by atoms with Crippen LogP contribution in [0.4, 0.5) is 5.13 Å². The van der Waals surface area contributed by atoms with E-state index in [2.05, 4.69) is 19.1 Å². The molecular weight excluding hydrogens is 412 g/mol. The second-order valence-electron chi connectivity index (χ2n) is 7.71. The first-order chi connectivity index (χ1) is 15.0. The Hall–Kier alpha value is -2.64. The molecule has 0 spiro atoms. The molecule has 1 amide bonds. The number of aryl methyl sites for hydroxylation is 2. The van der Waals surface area contributed by atoms with Gasteiger partial charge in [-0.1, -0.05) is 23.5 Å². The Morgan fingerprint density at radius 2 is 1.84 bits per heavy atom. The molecule has 3 aromatic rings. The Morgan fingerprint density at radius 3 is 2.48 bits per heavy atom. The molecular formula is C24H28N2O4S. The van der Waals surface area contributed by atoms with Gasteiger partial charge in [0.2, 0.25) is 0 Å². The fourth-order valence-corrected chi connectivity index (χ4v) is 4.80. The smallest absolute Gasteiger partial charge is 0.266 e. The van der Waals surface area contributed by atoms with E-state index in [1.807, 2.05) is 38.1 Å². The van der Waals surface area contributed by atoms with Gasteiger partial charge in [0.15, 0.2) is 11.7 Å². The van der Waals surface area contributed by atoms with Crippen molar-refractivity contribution >= 4 is 32.6 Å². The lowest BCUT2D eigenvalue weighted by molar-refractivity contribution is -0.120. The first-order valence-electron chi connectivity index (χ1n) is 10.7. The Bertz CT molecular complexity index is 1000. The molecule has 0 bridgehead atoms. The Morgan fingerprint density at radius 1 is 1.13 bits per heavy atom. The number of fused-ring (bicyclic) bond motifs is 1. The molecule has 1 unspecified atom stereocenters. The highest BCUT2D eigenvalue weighted by molar-refractivity contribution is 7.22. The van der Waals surface area contributed by atoms with Crippen molar-refractivity contribution < 1.29 is 19.0 Å². The second kappa shape index (κ2) is 9.66. The molecule has 1 saturated heterocycles. The van der Waals surface area contributed by atoms with E-state index in [4.69, 9.17) is 19.2 Å². The fraction of sp³-hybridized carbons (Fsp3) is 0.417. The summed E-state index contributed by atoms with van der Waals surface area (Å²) >= 11 is 1.55. The van der Waals surface area contributed by atoms with Gasteiger partial charge >= 0.3 is 0 Å². The molecule has 164 valence electrons. The largest absolute Gasteiger partial charge is 0.494 e. The number of nitrogens with zero attached hydrogens (tertiary/aromatic N) is 2. The Labute approximate surface area is 186 Å². The minimum atomic E-state index is -0.126. The van der Waals surface area contributed by atoms with Crippen molar-refractivity contribution in [1.82, 2.24) is 4.98 Å². The van der Waals surface area contributed by atoms with E-state index in [-0.39, 0.29) is 18.6 Å². The van der Waals surface area contributed by atoms with Crippen LogP contribution in [0.5, 0.6) is 11.5 Å². The topological polar surface area (TPSA) is 60.9 Å². The molecule has 1 aliphatic rings. The van der Waals surface area contributed by atoms with Crippen LogP contribution < -0.4 is 14.4 Å². The number of benzene rings is 2. The van der Waals surface area contributed by atoms with Crippen molar-refractivity contribution in [3.05, 3.63) is 47.5 Å². The number of carbonyl (C=O) groups excluding carboxylic acids is 1. The first-order valence-corrected chi connectivity index (χ1v) is 11.5. The molecule has 1 aliphatic heterocycles. The van der Waals surface area contributed by atoms with Crippen molar-refractivity contribution in [2.45, 2.75) is 39.7 Å². The molecule has 1 atom stereocenters. The fourth-order valence-electron chi connectivity index (χ4n) is 3.66. The van der Waals surface area contributed by atoms with Crippen LogP contribution in [-0.4, -0.2) is 43.4 Å². The number of carbonyl (C=O) groups is 1. The van der Waals surface area contributed by atoms with Gasteiger partial charge < -0.3 is 14.2 Å².